The Balaban J connectivity index is 2.13. The van der Waals surface area contributed by atoms with Crippen molar-refractivity contribution in [1.82, 2.24) is 19.9 Å². The SMILES string of the molecule is CCN(Cc1nc2ncc(Br)cc2[nH]1)CC(C)C#N. The van der Waals surface area contributed by atoms with Gasteiger partial charge in [0.15, 0.2) is 5.65 Å². The molecule has 0 radical (unpaired) electrons. The Bertz CT molecular complexity index is 601. The van der Waals surface area contributed by atoms with Crippen LogP contribution in [0.4, 0.5) is 0 Å². The maximum atomic E-state index is 8.87. The summed E-state index contributed by atoms with van der Waals surface area (Å²) in [5.74, 6) is 0.907. The molecule has 0 spiro atoms. The molecule has 0 aliphatic carbocycles. The fraction of sp³-hybridized carbons (Fsp3) is 0.462. The molecule has 5 nitrogen and oxygen atoms in total. The van der Waals surface area contributed by atoms with Crippen molar-refractivity contribution in [2.24, 2.45) is 5.92 Å². The summed E-state index contributed by atoms with van der Waals surface area (Å²) in [6, 6.07) is 4.22. The molecule has 0 aliphatic rings. The van der Waals surface area contributed by atoms with Crippen LogP contribution < -0.4 is 0 Å². The monoisotopic (exact) mass is 321 g/mol. The highest BCUT2D eigenvalue weighted by molar-refractivity contribution is 9.10. The van der Waals surface area contributed by atoms with E-state index in [1.165, 1.54) is 0 Å². The number of halogens is 1. The van der Waals surface area contributed by atoms with Gasteiger partial charge in [0.2, 0.25) is 0 Å². The second kappa shape index (κ2) is 6.13. The number of aromatic amines is 1. The van der Waals surface area contributed by atoms with Gasteiger partial charge in [-0.05, 0) is 35.5 Å². The molecular formula is C13H16BrN5. The maximum absolute atomic E-state index is 8.87. The minimum atomic E-state index is 0.0246. The first kappa shape index (κ1) is 14.0. The number of rotatable bonds is 5. The summed E-state index contributed by atoms with van der Waals surface area (Å²) in [7, 11) is 0. The van der Waals surface area contributed by atoms with E-state index < -0.39 is 0 Å². The number of H-pyrrole nitrogens is 1. The van der Waals surface area contributed by atoms with Crippen LogP contribution in [0, 0.1) is 17.2 Å². The van der Waals surface area contributed by atoms with Gasteiger partial charge in [0.1, 0.15) is 5.82 Å². The molecular weight excluding hydrogens is 306 g/mol. The minimum Gasteiger partial charge on any atom is -0.339 e. The summed E-state index contributed by atoms with van der Waals surface area (Å²) in [4.78, 5) is 14.2. The minimum absolute atomic E-state index is 0.0246. The largest absolute Gasteiger partial charge is 0.339 e. The van der Waals surface area contributed by atoms with E-state index in [1.54, 1.807) is 6.20 Å². The van der Waals surface area contributed by atoms with E-state index in [4.69, 9.17) is 5.26 Å². The lowest BCUT2D eigenvalue weighted by atomic mass is 10.2. The first-order chi connectivity index (χ1) is 9.12. The molecule has 0 amide bonds. The molecule has 0 aliphatic heterocycles. The number of nitriles is 1. The van der Waals surface area contributed by atoms with Crippen LogP contribution in [0.1, 0.15) is 19.7 Å². The van der Waals surface area contributed by atoms with Crippen molar-refractivity contribution in [2.75, 3.05) is 13.1 Å². The zero-order valence-electron chi connectivity index (χ0n) is 11.0. The summed E-state index contributed by atoms with van der Waals surface area (Å²) in [6.45, 7) is 6.36. The normalized spacial score (nSPS) is 12.8. The molecule has 1 atom stereocenters. The lowest BCUT2D eigenvalue weighted by Crippen LogP contribution is -2.28. The van der Waals surface area contributed by atoms with Crippen LogP contribution in [0.3, 0.4) is 0 Å². The smallest absolute Gasteiger partial charge is 0.177 e. The molecule has 1 N–H and O–H groups in total. The maximum Gasteiger partial charge on any atom is 0.177 e. The quantitative estimate of drug-likeness (QED) is 0.919. The van der Waals surface area contributed by atoms with E-state index in [2.05, 4.69) is 48.8 Å². The Morgan fingerprint density at radius 2 is 2.37 bits per heavy atom. The van der Waals surface area contributed by atoms with Gasteiger partial charge in [0.05, 0.1) is 24.0 Å². The zero-order chi connectivity index (χ0) is 13.8. The lowest BCUT2D eigenvalue weighted by molar-refractivity contribution is 0.255. The lowest BCUT2D eigenvalue weighted by Gasteiger charge is -2.19. The summed E-state index contributed by atoms with van der Waals surface area (Å²) in [6.07, 6.45) is 1.74. The Labute approximate surface area is 120 Å². The van der Waals surface area contributed by atoms with E-state index in [1.807, 2.05) is 13.0 Å². The van der Waals surface area contributed by atoms with Gasteiger partial charge in [-0.25, -0.2) is 9.97 Å². The summed E-state index contributed by atoms with van der Waals surface area (Å²) in [5, 5.41) is 8.87. The highest BCUT2D eigenvalue weighted by Crippen LogP contribution is 2.16. The number of nitrogens with zero attached hydrogens (tertiary/aromatic N) is 4. The highest BCUT2D eigenvalue weighted by atomic mass is 79.9. The molecule has 0 saturated heterocycles. The van der Waals surface area contributed by atoms with Gasteiger partial charge in [-0.1, -0.05) is 6.92 Å². The first-order valence-corrected chi connectivity index (χ1v) is 7.03. The number of hydrogen-bond acceptors (Lipinski definition) is 4. The second-order valence-corrected chi connectivity index (χ2v) is 5.48. The van der Waals surface area contributed by atoms with Crippen LogP contribution in [0.25, 0.3) is 11.2 Å². The molecule has 100 valence electrons. The highest BCUT2D eigenvalue weighted by Gasteiger charge is 2.11. The number of hydrogen-bond donors (Lipinski definition) is 1. The third-order valence-electron chi connectivity index (χ3n) is 2.93. The Morgan fingerprint density at radius 3 is 3.05 bits per heavy atom. The Morgan fingerprint density at radius 1 is 1.58 bits per heavy atom. The second-order valence-electron chi connectivity index (χ2n) is 4.57. The molecule has 1 unspecified atom stereocenters. The van der Waals surface area contributed by atoms with Gasteiger partial charge in [-0.15, -0.1) is 0 Å². The van der Waals surface area contributed by atoms with E-state index >= 15 is 0 Å². The molecule has 2 aromatic heterocycles. The molecule has 0 fully saturated rings. The fourth-order valence-electron chi connectivity index (χ4n) is 1.94. The zero-order valence-corrected chi connectivity index (χ0v) is 12.6. The average Bonchev–Trinajstić information content (AvgIpc) is 2.79. The van der Waals surface area contributed by atoms with Crippen molar-refractivity contribution in [2.45, 2.75) is 20.4 Å². The molecule has 0 aromatic carbocycles. The first-order valence-electron chi connectivity index (χ1n) is 6.24. The standard InChI is InChI=1S/C13H16BrN5/c1-3-19(7-9(2)5-15)8-12-17-11-4-10(14)6-16-13(11)18-12/h4,6,9H,3,7-8H2,1-2H3,(H,16,17,18). The van der Waals surface area contributed by atoms with Crippen molar-refractivity contribution in [3.63, 3.8) is 0 Å². The van der Waals surface area contributed by atoms with Gasteiger partial charge in [-0.2, -0.15) is 5.26 Å². The van der Waals surface area contributed by atoms with Crippen LogP contribution in [0.2, 0.25) is 0 Å². The van der Waals surface area contributed by atoms with Crippen LogP contribution >= 0.6 is 15.9 Å². The van der Waals surface area contributed by atoms with Gasteiger partial charge in [0, 0.05) is 17.2 Å². The van der Waals surface area contributed by atoms with E-state index in [0.717, 1.165) is 34.6 Å². The molecule has 0 saturated carbocycles. The molecule has 2 heterocycles. The Hall–Kier alpha value is -1.45. The molecule has 2 aromatic rings. The Kier molecular flexibility index (Phi) is 4.51. The number of fused-ring (bicyclic) bond motifs is 1. The molecule has 6 heteroatoms. The third-order valence-corrected chi connectivity index (χ3v) is 3.36. The van der Waals surface area contributed by atoms with Crippen LogP contribution in [0.5, 0.6) is 0 Å². The van der Waals surface area contributed by atoms with Gasteiger partial charge in [0.25, 0.3) is 0 Å². The fourth-order valence-corrected chi connectivity index (χ4v) is 2.28. The van der Waals surface area contributed by atoms with Gasteiger partial charge >= 0.3 is 0 Å². The third kappa shape index (κ3) is 3.52. The molecule has 2 rings (SSSR count). The van der Waals surface area contributed by atoms with E-state index in [-0.39, 0.29) is 5.92 Å². The number of pyridine rings is 1. The van der Waals surface area contributed by atoms with Crippen LogP contribution in [0.15, 0.2) is 16.7 Å². The van der Waals surface area contributed by atoms with E-state index in [0.29, 0.717) is 6.54 Å². The van der Waals surface area contributed by atoms with Crippen molar-refractivity contribution in [3.8, 4) is 6.07 Å². The molecule has 19 heavy (non-hydrogen) atoms. The average molecular weight is 322 g/mol. The number of imidazole rings is 1. The topological polar surface area (TPSA) is 68.6 Å². The van der Waals surface area contributed by atoms with Crippen LogP contribution in [-0.4, -0.2) is 32.9 Å². The molecule has 0 bridgehead atoms. The van der Waals surface area contributed by atoms with Gasteiger partial charge < -0.3 is 4.98 Å². The van der Waals surface area contributed by atoms with Crippen molar-refractivity contribution < 1.29 is 0 Å². The number of aromatic nitrogens is 3. The van der Waals surface area contributed by atoms with E-state index in [9.17, 15) is 0 Å². The summed E-state index contributed by atoms with van der Waals surface area (Å²) in [5.41, 5.74) is 1.65. The van der Waals surface area contributed by atoms with Crippen molar-refractivity contribution in [3.05, 3.63) is 22.6 Å². The number of nitrogens with one attached hydrogen (secondary N) is 1. The predicted molar refractivity (Wildman–Crippen MR) is 77.3 cm³/mol. The van der Waals surface area contributed by atoms with Crippen LogP contribution in [-0.2, 0) is 6.54 Å². The summed E-state index contributed by atoms with van der Waals surface area (Å²) < 4.78 is 0.931. The van der Waals surface area contributed by atoms with Crippen molar-refractivity contribution in [1.29, 1.82) is 5.26 Å². The van der Waals surface area contributed by atoms with Gasteiger partial charge in [-0.3, -0.25) is 4.90 Å². The predicted octanol–water partition coefficient (Wildman–Crippen LogP) is 2.70. The summed E-state index contributed by atoms with van der Waals surface area (Å²) >= 11 is 3.39. The van der Waals surface area contributed by atoms with Crippen molar-refractivity contribution >= 4 is 27.1 Å².